The lowest BCUT2D eigenvalue weighted by atomic mass is 10.2. The van der Waals surface area contributed by atoms with Crippen molar-refractivity contribution in [1.82, 2.24) is 0 Å². The minimum atomic E-state index is -4.19. The molecule has 2 aromatic carbocycles. The molecule has 0 aliphatic heterocycles. The highest BCUT2D eigenvalue weighted by atomic mass is 32.2. The molecule has 0 aliphatic carbocycles. The van der Waals surface area contributed by atoms with Crippen molar-refractivity contribution in [2.45, 2.75) is 4.90 Å². The molecule has 110 valence electrons. The molecule has 0 fully saturated rings. The Morgan fingerprint density at radius 2 is 1.71 bits per heavy atom. The largest absolute Gasteiger partial charge is 0.322 e. The maximum atomic E-state index is 13.6. The van der Waals surface area contributed by atoms with Gasteiger partial charge in [0, 0.05) is 5.69 Å². The van der Waals surface area contributed by atoms with Gasteiger partial charge in [0.15, 0.2) is 0 Å². The van der Waals surface area contributed by atoms with Gasteiger partial charge in [0.1, 0.15) is 16.5 Å². The number of carbonyl (C=O) groups excluding carboxylic acids is 1. The summed E-state index contributed by atoms with van der Waals surface area (Å²) in [5, 5.41) is 7.08. The van der Waals surface area contributed by atoms with E-state index in [0.717, 1.165) is 24.3 Å². The third-order valence-corrected chi connectivity index (χ3v) is 3.56. The lowest BCUT2D eigenvalue weighted by Crippen LogP contribution is -2.16. The predicted octanol–water partition coefficient (Wildman–Crippen LogP) is 1.86. The van der Waals surface area contributed by atoms with Crippen LogP contribution in [-0.2, 0) is 10.0 Å². The van der Waals surface area contributed by atoms with E-state index in [1.54, 1.807) is 0 Å². The van der Waals surface area contributed by atoms with E-state index in [1.165, 1.54) is 18.2 Å². The molecule has 5 nitrogen and oxygen atoms in total. The Balaban J connectivity index is 2.27. The van der Waals surface area contributed by atoms with Gasteiger partial charge in [-0.1, -0.05) is 12.1 Å². The molecule has 2 rings (SSSR count). The summed E-state index contributed by atoms with van der Waals surface area (Å²) in [6, 6.07) is 8.14. The summed E-state index contributed by atoms with van der Waals surface area (Å²) in [5.74, 6) is -2.61. The molecule has 0 radical (unpaired) electrons. The Morgan fingerprint density at radius 1 is 1.05 bits per heavy atom. The van der Waals surface area contributed by atoms with E-state index in [0.29, 0.717) is 0 Å². The van der Waals surface area contributed by atoms with Crippen molar-refractivity contribution in [1.29, 1.82) is 0 Å². The van der Waals surface area contributed by atoms with Crippen molar-refractivity contribution in [3.05, 3.63) is 59.7 Å². The maximum Gasteiger partial charge on any atom is 0.258 e. The molecule has 0 aliphatic rings. The van der Waals surface area contributed by atoms with Gasteiger partial charge >= 0.3 is 0 Å². The zero-order valence-electron chi connectivity index (χ0n) is 10.5. The van der Waals surface area contributed by atoms with Crippen LogP contribution >= 0.6 is 0 Å². The Morgan fingerprint density at radius 3 is 2.29 bits per heavy atom. The second kappa shape index (κ2) is 5.58. The number of sulfonamides is 1. The van der Waals surface area contributed by atoms with Crippen molar-refractivity contribution in [3.63, 3.8) is 0 Å². The molecule has 0 spiro atoms. The van der Waals surface area contributed by atoms with Gasteiger partial charge in [0.05, 0.1) is 5.56 Å². The van der Waals surface area contributed by atoms with Gasteiger partial charge in [-0.2, -0.15) is 0 Å². The number of nitrogens with one attached hydrogen (secondary N) is 1. The third-order valence-electron chi connectivity index (χ3n) is 2.61. The predicted molar refractivity (Wildman–Crippen MR) is 72.1 cm³/mol. The number of hydrogen-bond donors (Lipinski definition) is 2. The molecule has 21 heavy (non-hydrogen) atoms. The summed E-state index contributed by atoms with van der Waals surface area (Å²) >= 11 is 0. The molecule has 2 aromatic rings. The first-order valence-electron chi connectivity index (χ1n) is 5.67. The Kier molecular flexibility index (Phi) is 4.01. The number of rotatable bonds is 3. The summed E-state index contributed by atoms with van der Waals surface area (Å²) in [7, 11) is -4.19. The van der Waals surface area contributed by atoms with Gasteiger partial charge in [0.25, 0.3) is 5.91 Å². The zero-order chi connectivity index (χ0) is 15.6. The van der Waals surface area contributed by atoms with Crippen LogP contribution in [0.5, 0.6) is 0 Å². The van der Waals surface area contributed by atoms with Crippen LogP contribution < -0.4 is 10.5 Å². The maximum absolute atomic E-state index is 13.6. The molecule has 0 unspecified atom stereocenters. The molecule has 0 atom stereocenters. The van der Waals surface area contributed by atoms with Crippen LogP contribution in [0.15, 0.2) is 47.4 Å². The van der Waals surface area contributed by atoms with Crippen molar-refractivity contribution in [2.75, 3.05) is 5.32 Å². The number of benzene rings is 2. The Labute approximate surface area is 119 Å². The SMILES string of the molecule is NS(=O)(=O)c1ccc(NC(=O)c2ccccc2F)cc1F. The number of carbonyl (C=O) groups is 1. The first kappa shape index (κ1) is 15.1. The summed E-state index contributed by atoms with van der Waals surface area (Å²) in [6.07, 6.45) is 0. The first-order valence-corrected chi connectivity index (χ1v) is 7.22. The van der Waals surface area contributed by atoms with Gasteiger partial charge in [-0.25, -0.2) is 22.3 Å². The molecule has 0 aromatic heterocycles. The molecule has 0 bridgehead atoms. The number of halogens is 2. The Hall–Kier alpha value is -2.32. The number of nitrogens with two attached hydrogens (primary N) is 1. The van der Waals surface area contributed by atoms with Crippen molar-refractivity contribution in [2.24, 2.45) is 5.14 Å². The standard InChI is InChI=1S/C13H10F2N2O3S/c14-10-4-2-1-3-9(10)13(18)17-8-5-6-12(11(15)7-8)21(16,19)20/h1-7H,(H,17,18)(H2,16,19,20). The molecule has 8 heteroatoms. The summed E-state index contributed by atoms with van der Waals surface area (Å²) in [6.45, 7) is 0. The van der Waals surface area contributed by atoms with E-state index < -0.39 is 32.5 Å². The van der Waals surface area contributed by atoms with E-state index in [2.05, 4.69) is 5.32 Å². The van der Waals surface area contributed by atoms with Gasteiger partial charge in [-0.15, -0.1) is 0 Å². The molecule has 0 saturated heterocycles. The average molecular weight is 312 g/mol. The van der Waals surface area contributed by atoms with Crippen LogP contribution in [0.2, 0.25) is 0 Å². The summed E-state index contributed by atoms with van der Waals surface area (Å²) in [4.78, 5) is 11.1. The highest BCUT2D eigenvalue weighted by Gasteiger charge is 2.16. The number of amides is 1. The fourth-order valence-corrected chi connectivity index (χ4v) is 2.24. The highest BCUT2D eigenvalue weighted by Crippen LogP contribution is 2.19. The van der Waals surface area contributed by atoms with E-state index in [-0.39, 0.29) is 11.3 Å². The lowest BCUT2D eigenvalue weighted by Gasteiger charge is -2.07. The highest BCUT2D eigenvalue weighted by molar-refractivity contribution is 7.89. The topological polar surface area (TPSA) is 89.3 Å². The second-order valence-corrected chi connectivity index (χ2v) is 5.65. The number of anilines is 1. The van der Waals surface area contributed by atoms with E-state index in [1.807, 2.05) is 0 Å². The molecule has 3 N–H and O–H groups in total. The van der Waals surface area contributed by atoms with Crippen molar-refractivity contribution in [3.8, 4) is 0 Å². The van der Waals surface area contributed by atoms with E-state index in [9.17, 15) is 22.0 Å². The van der Waals surface area contributed by atoms with Gasteiger partial charge in [-0.05, 0) is 30.3 Å². The van der Waals surface area contributed by atoms with Crippen LogP contribution in [0.1, 0.15) is 10.4 Å². The van der Waals surface area contributed by atoms with E-state index in [4.69, 9.17) is 5.14 Å². The lowest BCUT2D eigenvalue weighted by molar-refractivity contribution is 0.102. The summed E-state index contributed by atoms with van der Waals surface area (Å²) in [5.41, 5.74) is -0.235. The second-order valence-electron chi connectivity index (χ2n) is 4.12. The smallest absolute Gasteiger partial charge is 0.258 e. The minimum Gasteiger partial charge on any atom is -0.322 e. The van der Waals surface area contributed by atoms with Crippen LogP contribution in [0, 0.1) is 11.6 Å². The minimum absolute atomic E-state index is 0.0202. The molecular formula is C13H10F2N2O3S. The molecule has 0 saturated carbocycles. The van der Waals surface area contributed by atoms with Gasteiger partial charge in [-0.3, -0.25) is 4.79 Å². The number of hydrogen-bond acceptors (Lipinski definition) is 3. The molecule has 1 amide bonds. The molecule has 0 heterocycles. The van der Waals surface area contributed by atoms with Crippen LogP contribution in [-0.4, -0.2) is 14.3 Å². The first-order chi connectivity index (χ1) is 9.79. The fraction of sp³-hybridized carbons (Fsp3) is 0. The third kappa shape index (κ3) is 3.41. The van der Waals surface area contributed by atoms with Crippen LogP contribution in [0.3, 0.4) is 0 Å². The van der Waals surface area contributed by atoms with Gasteiger partial charge in [0.2, 0.25) is 10.0 Å². The van der Waals surface area contributed by atoms with Crippen LogP contribution in [0.4, 0.5) is 14.5 Å². The summed E-state index contributed by atoms with van der Waals surface area (Å²) < 4.78 is 49.1. The quantitative estimate of drug-likeness (QED) is 0.906. The average Bonchev–Trinajstić information content (AvgIpc) is 2.37. The normalized spacial score (nSPS) is 11.2. The van der Waals surface area contributed by atoms with Crippen LogP contribution in [0.25, 0.3) is 0 Å². The fourth-order valence-electron chi connectivity index (χ4n) is 1.65. The monoisotopic (exact) mass is 312 g/mol. The van der Waals surface area contributed by atoms with Crippen molar-refractivity contribution >= 4 is 21.6 Å². The van der Waals surface area contributed by atoms with Gasteiger partial charge < -0.3 is 5.32 Å². The van der Waals surface area contributed by atoms with E-state index >= 15 is 0 Å². The van der Waals surface area contributed by atoms with Crippen molar-refractivity contribution < 1.29 is 22.0 Å². The Bertz CT molecular complexity index is 807. The molecular weight excluding hydrogens is 302 g/mol. The zero-order valence-corrected chi connectivity index (χ0v) is 11.3. The number of primary sulfonamides is 1.